The molecule has 0 spiro atoms. The van der Waals surface area contributed by atoms with E-state index in [0.717, 1.165) is 17.3 Å². The van der Waals surface area contributed by atoms with Crippen LogP contribution in [0.1, 0.15) is 29.4 Å². The lowest BCUT2D eigenvalue weighted by Crippen LogP contribution is -2.00. The molecule has 7 nitrogen and oxygen atoms in total. The highest BCUT2D eigenvalue weighted by atomic mass is 35.5. The fraction of sp³-hybridized carbons (Fsp3) is 0.143. The first kappa shape index (κ1) is 21.4. The average Bonchev–Trinajstić information content (AvgIpc) is 3.20. The zero-order chi connectivity index (χ0) is 21.5. The van der Waals surface area contributed by atoms with Crippen LogP contribution in [0.4, 0.5) is 0 Å². The monoisotopic (exact) mass is 440 g/mol. The standard InChI is InChI=1S/C21H17ClN4O3S/c1-2-19-24-21(26-25-19)30-18(20(27)28)10-15-9-16(22)7-8-17(15)29-12-14-5-3-13(11-23)4-6-14/h3-10H,2,12H2,1H3,(H,27,28)(H,24,25,26)/b18-10-. The number of nitriles is 1. The van der Waals surface area contributed by atoms with Crippen molar-refractivity contribution >= 4 is 35.4 Å². The second-order valence-electron chi connectivity index (χ2n) is 6.11. The van der Waals surface area contributed by atoms with Gasteiger partial charge in [0.1, 0.15) is 23.1 Å². The molecule has 0 aliphatic carbocycles. The molecular weight excluding hydrogens is 424 g/mol. The summed E-state index contributed by atoms with van der Waals surface area (Å²) in [4.78, 5) is 16.0. The number of ether oxygens (including phenoxy) is 1. The second-order valence-corrected chi connectivity index (χ2v) is 7.56. The predicted octanol–water partition coefficient (Wildman–Crippen LogP) is 4.69. The maximum absolute atomic E-state index is 11.8. The van der Waals surface area contributed by atoms with E-state index < -0.39 is 5.97 Å². The van der Waals surface area contributed by atoms with Crippen LogP contribution >= 0.6 is 23.4 Å². The van der Waals surface area contributed by atoms with Gasteiger partial charge in [-0.25, -0.2) is 9.78 Å². The fourth-order valence-corrected chi connectivity index (χ4v) is 3.35. The van der Waals surface area contributed by atoms with Gasteiger partial charge >= 0.3 is 5.97 Å². The van der Waals surface area contributed by atoms with Gasteiger partial charge in [0.25, 0.3) is 0 Å². The third kappa shape index (κ3) is 5.63. The van der Waals surface area contributed by atoms with Crippen molar-refractivity contribution in [2.75, 3.05) is 0 Å². The lowest BCUT2D eigenvalue weighted by atomic mass is 10.1. The van der Waals surface area contributed by atoms with Crippen molar-refractivity contribution in [1.82, 2.24) is 15.2 Å². The molecule has 0 saturated heterocycles. The highest BCUT2D eigenvalue weighted by Gasteiger charge is 2.15. The lowest BCUT2D eigenvalue weighted by Gasteiger charge is -2.11. The summed E-state index contributed by atoms with van der Waals surface area (Å²) in [5.41, 5.74) is 1.96. The molecule has 3 aromatic rings. The number of benzene rings is 2. The van der Waals surface area contributed by atoms with Crippen LogP contribution in [0.5, 0.6) is 5.75 Å². The molecule has 2 N–H and O–H groups in total. The summed E-state index contributed by atoms with van der Waals surface area (Å²) in [5.74, 6) is 0.0460. The number of carbonyl (C=O) groups is 1. The van der Waals surface area contributed by atoms with E-state index in [1.807, 2.05) is 6.92 Å². The Balaban J connectivity index is 1.84. The van der Waals surface area contributed by atoms with Crippen molar-refractivity contribution in [3.05, 3.63) is 74.9 Å². The van der Waals surface area contributed by atoms with Crippen LogP contribution < -0.4 is 4.74 Å². The van der Waals surface area contributed by atoms with E-state index in [4.69, 9.17) is 21.6 Å². The Morgan fingerprint density at radius 1 is 1.33 bits per heavy atom. The Morgan fingerprint density at radius 3 is 2.73 bits per heavy atom. The van der Waals surface area contributed by atoms with Crippen LogP contribution in [0.15, 0.2) is 52.5 Å². The first-order valence-electron chi connectivity index (χ1n) is 8.94. The Morgan fingerprint density at radius 2 is 2.10 bits per heavy atom. The number of nitrogens with one attached hydrogen (secondary N) is 1. The molecule has 0 amide bonds. The predicted molar refractivity (Wildman–Crippen MR) is 114 cm³/mol. The zero-order valence-corrected chi connectivity index (χ0v) is 17.5. The minimum absolute atomic E-state index is 0.0298. The largest absolute Gasteiger partial charge is 0.488 e. The number of carboxylic acid groups (broad SMARTS) is 1. The molecule has 3 rings (SSSR count). The van der Waals surface area contributed by atoms with Crippen LogP contribution in [0.25, 0.3) is 6.08 Å². The smallest absolute Gasteiger partial charge is 0.342 e. The Hall–Kier alpha value is -3.28. The van der Waals surface area contributed by atoms with Crippen LogP contribution in [0.2, 0.25) is 5.02 Å². The third-order valence-electron chi connectivity index (χ3n) is 3.99. The number of aromatic amines is 1. The van der Waals surface area contributed by atoms with Crippen LogP contribution in [-0.2, 0) is 17.8 Å². The van der Waals surface area contributed by atoms with Crippen molar-refractivity contribution < 1.29 is 14.6 Å². The van der Waals surface area contributed by atoms with Crippen molar-refractivity contribution in [3.63, 3.8) is 0 Å². The zero-order valence-electron chi connectivity index (χ0n) is 15.9. The number of aliphatic carboxylic acids is 1. The fourth-order valence-electron chi connectivity index (χ4n) is 2.46. The quantitative estimate of drug-likeness (QED) is 0.386. The summed E-state index contributed by atoms with van der Waals surface area (Å²) >= 11 is 7.05. The Kier molecular flexibility index (Phi) is 7.12. The number of H-pyrrole nitrogens is 1. The van der Waals surface area contributed by atoms with Gasteiger partial charge in [-0.05, 0) is 53.7 Å². The van der Waals surface area contributed by atoms with Crippen molar-refractivity contribution in [1.29, 1.82) is 5.26 Å². The SMILES string of the molecule is CCc1nc(S/C(=C\c2cc(Cl)ccc2OCc2ccc(C#N)cc2)C(=O)O)n[nH]1. The first-order valence-corrected chi connectivity index (χ1v) is 10.1. The van der Waals surface area contributed by atoms with Gasteiger partial charge < -0.3 is 9.84 Å². The minimum Gasteiger partial charge on any atom is -0.488 e. The summed E-state index contributed by atoms with van der Waals surface area (Å²) in [6.07, 6.45) is 2.15. The van der Waals surface area contributed by atoms with Crippen LogP contribution in [-0.4, -0.2) is 26.3 Å². The summed E-state index contributed by atoms with van der Waals surface area (Å²) in [7, 11) is 0. The minimum atomic E-state index is -1.11. The molecule has 9 heteroatoms. The molecular formula is C21H17ClN4O3S. The van der Waals surface area contributed by atoms with Crippen molar-refractivity contribution in [3.8, 4) is 11.8 Å². The van der Waals surface area contributed by atoms with Crippen LogP contribution in [0, 0.1) is 11.3 Å². The van der Waals surface area contributed by atoms with Crippen molar-refractivity contribution in [2.45, 2.75) is 25.1 Å². The molecule has 0 aliphatic heterocycles. The number of rotatable bonds is 8. The topological polar surface area (TPSA) is 112 Å². The molecule has 152 valence electrons. The molecule has 0 unspecified atom stereocenters. The van der Waals surface area contributed by atoms with Crippen LogP contribution in [0.3, 0.4) is 0 Å². The number of aromatic nitrogens is 3. The first-order chi connectivity index (χ1) is 14.5. The van der Waals surface area contributed by atoms with Gasteiger partial charge in [0.2, 0.25) is 5.16 Å². The highest BCUT2D eigenvalue weighted by molar-refractivity contribution is 8.04. The normalized spacial score (nSPS) is 11.2. The van der Waals surface area contributed by atoms with Gasteiger partial charge in [-0.3, -0.25) is 5.10 Å². The van der Waals surface area contributed by atoms with E-state index in [1.54, 1.807) is 42.5 Å². The Bertz CT molecular complexity index is 1120. The molecule has 30 heavy (non-hydrogen) atoms. The van der Waals surface area contributed by atoms with Gasteiger partial charge in [0, 0.05) is 17.0 Å². The molecule has 0 fully saturated rings. The molecule has 2 aromatic carbocycles. The molecule has 0 bridgehead atoms. The molecule has 0 saturated carbocycles. The number of nitrogens with zero attached hydrogens (tertiary/aromatic N) is 3. The maximum atomic E-state index is 11.8. The lowest BCUT2D eigenvalue weighted by molar-refractivity contribution is -0.131. The summed E-state index contributed by atoms with van der Waals surface area (Å²) < 4.78 is 5.88. The molecule has 0 radical (unpaired) electrons. The maximum Gasteiger partial charge on any atom is 0.342 e. The van der Waals surface area contributed by atoms with Gasteiger partial charge in [-0.1, -0.05) is 30.7 Å². The number of carboxylic acids is 1. The molecule has 0 atom stereocenters. The van der Waals surface area contributed by atoms with Gasteiger partial charge in [-0.2, -0.15) is 5.26 Å². The van der Waals surface area contributed by atoms with Gasteiger partial charge in [0.15, 0.2) is 0 Å². The second kappa shape index (κ2) is 9.96. The number of hydrogen-bond acceptors (Lipinski definition) is 6. The number of hydrogen-bond donors (Lipinski definition) is 2. The highest BCUT2D eigenvalue weighted by Crippen LogP contribution is 2.31. The Labute approximate surface area is 182 Å². The average molecular weight is 441 g/mol. The van der Waals surface area contributed by atoms with E-state index in [-0.39, 0.29) is 11.5 Å². The third-order valence-corrected chi connectivity index (χ3v) is 5.11. The molecule has 0 aliphatic rings. The van der Waals surface area contributed by atoms with E-state index in [9.17, 15) is 9.90 Å². The summed E-state index contributed by atoms with van der Waals surface area (Å²) in [5, 5.41) is 26.1. The number of halogens is 1. The van der Waals surface area contributed by atoms with Gasteiger partial charge in [0.05, 0.1) is 11.6 Å². The van der Waals surface area contributed by atoms with E-state index in [1.165, 1.54) is 6.08 Å². The van der Waals surface area contributed by atoms with E-state index in [2.05, 4.69) is 21.3 Å². The summed E-state index contributed by atoms with van der Waals surface area (Å²) in [6, 6.07) is 14.1. The number of aryl methyl sites for hydroxylation is 1. The molecule has 1 heterocycles. The van der Waals surface area contributed by atoms with Gasteiger partial charge in [-0.15, -0.1) is 5.10 Å². The van der Waals surface area contributed by atoms with E-state index in [0.29, 0.717) is 39.3 Å². The summed E-state index contributed by atoms with van der Waals surface area (Å²) in [6.45, 7) is 2.18. The number of thioether (sulfide) groups is 1. The van der Waals surface area contributed by atoms with Crippen molar-refractivity contribution in [2.24, 2.45) is 0 Å². The molecule has 1 aromatic heterocycles. The van der Waals surface area contributed by atoms with E-state index >= 15 is 0 Å².